The van der Waals surface area contributed by atoms with Gasteiger partial charge >= 0.3 is 6.09 Å². The van der Waals surface area contributed by atoms with E-state index in [1.165, 1.54) is 4.90 Å². The number of carbonyl (C=O) groups is 3. The summed E-state index contributed by atoms with van der Waals surface area (Å²) in [5.41, 5.74) is 4.72. The molecule has 0 bridgehead atoms. The number of nitrogens with zero attached hydrogens (tertiary/aromatic N) is 1. The Hall–Kier alpha value is -1.59. The van der Waals surface area contributed by atoms with Crippen LogP contribution in [0.3, 0.4) is 0 Å². The van der Waals surface area contributed by atoms with Crippen LogP contribution in [0.25, 0.3) is 0 Å². The molecule has 1 rings (SSSR count). The molecule has 120 valence electrons. The molecule has 1 saturated heterocycles. The molecule has 0 radical (unpaired) electrons. The van der Waals surface area contributed by atoms with Gasteiger partial charge in [-0.1, -0.05) is 13.8 Å². The molecule has 2 N–H and O–H groups in total. The number of likely N-dealkylation sites (tertiary alicyclic amines) is 1. The van der Waals surface area contributed by atoms with E-state index in [0.29, 0.717) is 13.0 Å². The predicted octanol–water partition coefficient (Wildman–Crippen LogP) is 1.71. The third kappa shape index (κ3) is 4.44. The van der Waals surface area contributed by atoms with Crippen LogP contribution in [0.1, 0.15) is 47.5 Å². The summed E-state index contributed by atoms with van der Waals surface area (Å²) < 4.78 is 5.32. The lowest BCUT2D eigenvalue weighted by Crippen LogP contribution is -2.48. The molecule has 2 atom stereocenters. The maximum absolute atomic E-state index is 12.6. The van der Waals surface area contributed by atoms with E-state index in [-0.39, 0.29) is 11.7 Å². The summed E-state index contributed by atoms with van der Waals surface area (Å²) in [7, 11) is 0. The number of ketones is 1. The standard InChI is InChI=1S/C15H26N2O4/c1-9(2)11(13(16)19)12(18)10-7-6-8-17(10)14(20)21-15(3,4)5/h9-11H,6-8H2,1-5H3,(H2,16,19)/t10-,11?/m0/s1. The van der Waals surface area contributed by atoms with E-state index >= 15 is 0 Å². The molecule has 0 spiro atoms. The smallest absolute Gasteiger partial charge is 0.410 e. The van der Waals surface area contributed by atoms with E-state index in [0.717, 1.165) is 6.42 Å². The summed E-state index contributed by atoms with van der Waals surface area (Å²) in [6, 6.07) is -0.611. The van der Waals surface area contributed by atoms with Crippen molar-refractivity contribution in [3.05, 3.63) is 0 Å². The molecule has 0 aromatic rings. The van der Waals surface area contributed by atoms with Gasteiger partial charge in [-0.2, -0.15) is 0 Å². The van der Waals surface area contributed by atoms with Gasteiger partial charge in [0.1, 0.15) is 11.5 Å². The van der Waals surface area contributed by atoms with Crippen LogP contribution in [-0.4, -0.2) is 40.9 Å². The largest absolute Gasteiger partial charge is 0.444 e. The predicted molar refractivity (Wildman–Crippen MR) is 78.5 cm³/mol. The first-order valence-corrected chi connectivity index (χ1v) is 7.37. The van der Waals surface area contributed by atoms with Crippen molar-refractivity contribution in [2.24, 2.45) is 17.6 Å². The third-order valence-corrected chi connectivity index (χ3v) is 3.49. The van der Waals surface area contributed by atoms with E-state index in [2.05, 4.69) is 0 Å². The molecular weight excluding hydrogens is 272 g/mol. The van der Waals surface area contributed by atoms with Gasteiger partial charge in [0.2, 0.25) is 5.91 Å². The van der Waals surface area contributed by atoms with Crippen molar-refractivity contribution in [3.8, 4) is 0 Å². The monoisotopic (exact) mass is 298 g/mol. The molecule has 0 saturated carbocycles. The molecule has 1 aliphatic heterocycles. The molecule has 1 fully saturated rings. The normalized spacial score (nSPS) is 20.5. The van der Waals surface area contributed by atoms with Crippen LogP contribution in [0.15, 0.2) is 0 Å². The van der Waals surface area contributed by atoms with Crippen molar-refractivity contribution >= 4 is 17.8 Å². The Morgan fingerprint density at radius 1 is 1.24 bits per heavy atom. The lowest BCUT2D eigenvalue weighted by Gasteiger charge is -2.30. The number of carbonyl (C=O) groups excluding carboxylic acids is 3. The van der Waals surface area contributed by atoms with Gasteiger partial charge < -0.3 is 10.5 Å². The summed E-state index contributed by atoms with van der Waals surface area (Å²) in [6.07, 6.45) is 0.763. The second kappa shape index (κ2) is 6.45. The van der Waals surface area contributed by atoms with Crippen LogP contribution in [0.5, 0.6) is 0 Å². The van der Waals surface area contributed by atoms with Crippen molar-refractivity contribution in [3.63, 3.8) is 0 Å². The zero-order valence-corrected chi connectivity index (χ0v) is 13.5. The Bertz CT molecular complexity index is 426. The first-order chi connectivity index (χ1) is 9.54. The number of hydrogen-bond acceptors (Lipinski definition) is 4. The van der Waals surface area contributed by atoms with Crippen LogP contribution in [0.2, 0.25) is 0 Å². The van der Waals surface area contributed by atoms with Crippen LogP contribution in [-0.2, 0) is 14.3 Å². The Morgan fingerprint density at radius 3 is 2.24 bits per heavy atom. The van der Waals surface area contributed by atoms with Gasteiger partial charge in [-0.3, -0.25) is 14.5 Å². The van der Waals surface area contributed by atoms with E-state index in [9.17, 15) is 14.4 Å². The molecule has 6 heteroatoms. The minimum atomic E-state index is -0.863. The van der Waals surface area contributed by atoms with E-state index < -0.39 is 29.6 Å². The number of hydrogen-bond donors (Lipinski definition) is 1. The highest BCUT2D eigenvalue weighted by molar-refractivity contribution is 6.04. The van der Waals surface area contributed by atoms with Crippen LogP contribution < -0.4 is 5.73 Å². The Kier molecular flexibility index (Phi) is 5.36. The number of Topliss-reactive ketones (excluding diaryl/α,β-unsaturated/α-hetero) is 1. The van der Waals surface area contributed by atoms with Crippen molar-refractivity contribution < 1.29 is 19.1 Å². The summed E-state index contributed by atoms with van der Waals surface area (Å²) in [5, 5.41) is 0. The van der Waals surface area contributed by atoms with Gasteiger partial charge in [0.25, 0.3) is 0 Å². The molecule has 1 heterocycles. The maximum atomic E-state index is 12.6. The molecule has 1 unspecified atom stereocenters. The SMILES string of the molecule is CC(C)C(C(N)=O)C(=O)[C@@H]1CCCN1C(=O)OC(C)(C)C. The van der Waals surface area contributed by atoms with Gasteiger partial charge in [0.15, 0.2) is 5.78 Å². The average molecular weight is 298 g/mol. The van der Waals surface area contributed by atoms with Gasteiger partial charge in [-0.25, -0.2) is 4.79 Å². The molecule has 21 heavy (non-hydrogen) atoms. The molecule has 1 aliphatic rings. The van der Waals surface area contributed by atoms with Crippen molar-refractivity contribution in [2.45, 2.75) is 59.1 Å². The number of rotatable bonds is 4. The minimum absolute atomic E-state index is 0.184. The van der Waals surface area contributed by atoms with Gasteiger partial charge in [-0.05, 0) is 39.5 Å². The zero-order chi connectivity index (χ0) is 16.4. The second-order valence-corrected chi connectivity index (χ2v) is 6.86. The first-order valence-electron chi connectivity index (χ1n) is 7.37. The number of nitrogens with two attached hydrogens (primary N) is 1. The minimum Gasteiger partial charge on any atom is -0.444 e. The summed E-state index contributed by atoms with van der Waals surface area (Å²) in [5.74, 6) is -1.96. The van der Waals surface area contributed by atoms with Gasteiger partial charge in [0.05, 0.1) is 6.04 Å². The Labute approximate surface area is 126 Å². The quantitative estimate of drug-likeness (QED) is 0.800. The van der Waals surface area contributed by atoms with Crippen molar-refractivity contribution in [1.82, 2.24) is 4.90 Å². The molecule has 2 amide bonds. The highest BCUT2D eigenvalue weighted by Gasteiger charge is 2.41. The maximum Gasteiger partial charge on any atom is 0.410 e. The number of amides is 2. The molecule has 0 aliphatic carbocycles. The highest BCUT2D eigenvalue weighted by atomic mass is 16.6. The van der Waals surface area contributed by atoms with E-state index in [1.807, 2.05) is 0 Å². The molecular formula is C15H26N2O4. The van der Waals surface area contributed by atoms with Gasteiger partial charge in [0, 0.05) is 6.54 Å². The lowest BCUT2D eigenvalue weighted by molar-refractivity contribution is -0.136. The highest BCUT2D eigenvalue weighted by Crippen LogP contribution is 2.26. The number of primary amides is 1. The van der Waals surface area contributed by atoms with Crippen molar-refractivity contribution in [2.75, 3.05) is 6.54 Å². The average Bonchev–Trinajstić information content (AvgIpc) is 2.73. The topological polar surface area (TPSA) is 89.7 Å². The van der Waals surface area contributed by atoms with E-state index in [4.69, 9.17) is 10.5 Å². The Morgan fingerprint density at radius 2 is 1.81 bits per heavy atom. The summed E-state index contributed by atoms with van der Waals surface area (Å²) in [4.78, 5) is 37.7. The van der Waals surface area contributed by atoms with Crippen molar-refractivity contribution in [1.29, 1.82) is 0 Å². The summed E-state index contributed by atoms with van der Waals surface area (Å²) >= 11 is 0. The second-order valence-electron chi connectivity index (χ2n) is 6.86. The summed E-state index contributed by atoms with van der Waals surface area (Å²) in [6.45, 7) is 9.35. The number of ether oxygens (including phenoxy) is 1. The molecule has 6 nitrogen and oxygen atoms in total. The molecule has 0 aromatic carbocycles. The van der Waals surface area contributed by atoms with E-state index in [1.54, 1.807) is 34.6 Å². The first kappa shape index (κ1) is 17.5. The fraction of sp³-hybridized carbons (Fsp3) is 0.800. The van der Waals surface area contributed by atoms with Crippen LogP contribution in [0, 0.1) is 11.8 Å². The fourth-order valence-corrected chi connectivity index (χ4v) is 2.61. The van der Waals surface area contributed by atoms with Crippen LogP contribution in [0.4, 0.5) is 4.79 Å². The fourth-order valence-electron chi connectivity index (χ4n) is 2.61. The van der Waals surface area contributed by atoms with Crippen LogP contribution >= 0.6 is 0 Å². The Balaban J connectivity index is 2.88. The zero-order valence-electron chi connectivity index (χ0n) is 13.5. The molecule has 0 aromatic heterocycles. The third-order valence-electron chi connectivity index (χ3n) is 3.49. The van der Waals surface area contributed by atoms with Gasteiger partial charge in [-0.15, -0.1) is 0 Å². The lowest BCUT2D eigenvalue weighted by atomic mass is 9.86.